The molecule has 0 N–H and O–H groups in total. The average Bonchev–Trinajstić information content (AvgIpc) is 2.63. The number of fused-ring (bicyclic) bond motifs is 2. The zero-order valence-electron chi connectivity index (χ0n) is 13.1. The van der Waals surface area contributed by atoms with Crippen LogP contribution in [0.15, 0.2) is 52.0 Å². The van der Waals surface area contributed by atoms with Crippen LogP contribution in [0.1, 0.15) is 10.4 Å². The molecule has 0 atom stereocenters. The smallest absolute Gasteiger partial charge is 0.261 e. The van der Waals surface area contributed by atoms with Crippen molar-refractivity contribution in [3.8, 4) is 11.5 Å². The Bertz CT molecular complexity index is 1040. The van der Waals surface area contributed by atoms with Crippen LogP contribution in [-0.2, 0) is 6.54 Å². The fourth-order valence-electron chi connectivity index (χ4n) is 2.72. The van der Waals surface area contributed by atoms with E-state index < -0.39 is 0 Å². The molecule has 1 aromatic heterocycles. The molecule has 0 unspecified atom stereocenters. The molecule has 0 saturated carbocycles. The molecule has 25 heavy (non-hydrogen) atoms. The summed E-state index contributed by atoms with van der Waals surface area (Å²) in [5.74, 6) is 0.935. The van der Waals surface area contributed by atoms with Gasteiger partial charge < -0.3 is 9.47 Å². The van der Waals surface area contributed by atoms with Crippen molar-refractivity contribution >= 4 is 32.6 Å². The summed E-state index contributed by atoms with van der Waals surface area (Å²) in [5, 5.41) is 0.397. The molecule has 0 radical (unpaired) electrons. The quantitative estimate of drug-likeness (QED) is 0.632. The second kappa shape index (κ2) is 6.33. The van der Waals surface area contributed by atoms with Gasteiger partial charge in [0.15, 0.2) is 17.3 Å². The van der Waals surface area contributed by atoms with E-state index in [-0.39, 0.29) is 17.9 Å². The largest absolute Gasteiger partial charge is 0.486 e. The lowest BCUT2D eigenvalue weighted by Crippen LogP contribution is -2.25. The standard InChI is InChI=1S/C18H13BrN2O4/c19-12-3-1-2-11(6-12)15(22)9-21-10-20-14-8-17-16(24-4-5-25-17)7-13(14)18(21)23/h1-3,6-8,10H,4-5,9H2. The molecule has 0 bridgehead atoms. The van der Waals surface area contributed by atoms with Crippen LogP contribution in [0.25, 0.3) is 10.9 Å². The Morgan fingerprint density at radius 3 is 2.68 bits per heavy atom. The number of ketones is 1. The van der Waals surface area contributed by atoms with Gasteiger partial charge in [0, 0.05) is 16.1 Å². The van der Waals surface area contributed by atoms with Crippen molar-refractivity contribution in [2.75, 3.05) is 13.2 Å². The summed E-state index contributed by atoms with van der Waals surface area (Å²) in [6.07, 6.45) is 1.39. The van der Waals surface area contributed by atoms with Crippen LogP contribution >= 0.6 is 15.9 Å². The molecule has 4 rings (SSSR count). The maximum atomic E-state index is 12.7. The van der Waals surface area contributed by atoms with Crippen LogP contribution in [0.3, 0.4) is 0 Å². The Morgan fingerprint density at radius 1 is 1.16 bits per heavy atom. The van der Waals surface area contributed by atoms with Crippen molar-refractivity contribution in [2.24, 2.45) is 0 Å². The van der Waals surface area contributed by atoms with Crippen molar-refractivity contribution in [3.63, 3.8) is 0 Å². The molecule has 1 aliphatic rings. The van der Waals surface area contributed by atoms with E-state index in [0.717, 1.165) is 4.47 Å². The maximum Gasteiger partial charge on any atom is 0.261 e. The van der Waals surface area contributed by atoms with Crippen LogP contribution in [-0.4, -0.2) is 28.5 Å². The number of halogens is 1. The number of Topliss-reactive ketones (excluding diaryl/α,β-unsaturated/α-hetero) is 1. The molecule has 3 aromatic rings. The van der Waals surface area contributed by atoms with Gasteiger partial charge in [-0.15, -0.1) is 0 Å². The SMILES string of the molecule is O=C(Cn1cnc2cc3c(cc2c1=O)OCCO3)c1cccc(Br)c1. The first kappa shape index (κ1) is 15.8. The fourth-order valence-corrected chi connectivity index (χ4v) is 3.12. The predicted molar refractivity (Wildman–Crippen MR) is 95.5 cm³/mol. The summed E-state index contributed by atoms with van der Waals surface area (Å²) in [6.45, 7) is 0.831. The van der Waals surface area contributed by atoms with E-state index in [1.807, 2.05) is 6.07 Å². The minimum Gasteiger partial charge on any atom is -0.486 e. The molecule has 0 amide bonds. The van der Waals surface area contributed by atoms with Crippen LogP contribution in [0.4, 0.5) is 0 Å². The second-order valence-corrected chi connectivity index (χ2v) is 6.54. The topological polar surface area (TPSA) is 70.4 Å². The first-order valence-electron chi connectivity index (χ1n) is 7.69. The highest BCUT2D eigenvalue weighted by Crippen LogP contribution is 2.32. The average molecular weight is 401 g/mol. The van der Waals surface area contributed by atoms with Gasteiger partial charge in [-0.2, -0.15) is 0 Å². The van der Waals surface area contributed by atoms with Gasteiger partial charge in [-0.1, -0.05) is 28.1 Å². The molecular formula is C18H13BrN2O4. The summed E-state index contributed by atoms with van der Waals surface area (Å²) in [6, 6.07) is 10.4. The van der Waals surface area contributed by atoms with Gasteiger partial charge in [0.2, 0.25) is 0 Å². The highest BCUT2D eigenvalue weighted by molar-refractivity contribution is 9.10. The summed E-state index contributed by atoms with van der Waals surface area (Å²) in [7, 11) is 0. The van der Waals surface area contributed by atoms with E-state index in [2.05, 4.69) is 20.9 Å². The third-order valence-electron chi connectivity index (χ3n) is 3.95. The number of benzene rings is 2. The first-order chi connectivity index (χ1) is 12.1. The number of ether oxygens (including phenoxy) is 2. The summed E-state index contributed by atoms with van der Waals surface area (Å²) in [4.78, 5) is 29.4. The Hall–Kier alpha value is -2.67. The predicted octanol–water partition coefficient (Wildman–Crippen LogP) is 2.81. The van der Waals surface area contributed by atoms with Crippen molar-refractivity contribution in [3.05, 3.63) is 63.1 Å². The maximum absolute atomic E-state index is 12.7. The molecule has 0 aliphatic carbocycles. The van der Waals surface area contributed by atoms with E-state index in [4.69, 9.17) is 9.47 Å². The van der Waals surface area contributed by atoms with Crippen molar-refractivity contribution < 1.29 is 14.3 Å². The summed E-state index contributed by atoms with van der Waals surface area (Å²) >= 11 is 3.34. The Kier molecular flexibility index (Phi) is 4.01. The van der Waals surface area contributed by atoms with Crippen LogP contribution in [0.2, 0.25) is 0 Å². The van der Waals surface area contributed by atoms with E-state index in [1.165, 1.54) is 10.9 Å². The molecule has 6 nitrogen and oxygen atoms in total. The zero-order valence-corrected chi connectivity index (χ0v) is 14.7. The van der Waals surface area contributed by atoms with Gasteiger partial charge in [-0.25, -0.2) is 4.98 Å². The van der Waals surface area contributed by atoms with Crippen LogP contribution in [0.5, 0.6) is 11.5 Å². The number of aromatic nitrogens is 2. The van der Waals surface area contributed by atoms with Crippen LogP contribution in [0, 0.1) is 0 Å². The van der Waals surface area contributed by atoms with Crippen molar-refractivity contribution in [1.82, 2.24) is 9.55 Å². The number of hydrogen-bond donors (Lipinski definition) is 0. The highest BCUT2D eigenvalue weighted by atomic mass is 79.9. The van der Waals surface area contributed by atoms with Gasteiger partial charge in [0.25, 0.3) is 5.56 Å². The van der Waals surface area contributed by atoms with Crippen molar-refractivity contribution in [1.29, 1.82) is 0 Å². The van der Waals surface area contributed by atoms with Gasteiger partial charge in [0.05, 0.1) is 23.8 Å². The molecule has 0 saturated heterocycles. The molecule has 2 aromatic carbocycles. The Balaban J connectivity index is 1.72. The minimum atomic E-state index is -0.287. The monoisotopic (exact) mass is 400 g/mol. The minimum absolute atomic E-state index is 0.0767. The van der Waals surface area contributed by atoms with E-state index >= 15 is 0 Å². The van der Waals surface area contributed by atoms with Crippen molar-refractivity contribution in [2.45, 2.75) is 6.54 Å². The highest BCUT2D eigenvalue weighted by Gasteiger charge is 2.16. The molecular weight excluding hydrogens is 388 g/mol. The molecule has 7 heteroatoms. The van der Waals surface area contributed by atoms with Gasteiger partial charge in [-0.05, 0) is 18.2 Å². The van der Waals surface area contributed by atoms with Crippen LogP contribution < -0.4 is 15.0 Å². The number of nitrogens with zero attached hydrogens (tertiary/aromatic N) is 2. The molecule has 0 spiro atoms. The van der Waals surface area contributed by atoms with Gasteiger partial charge in [0.1, 0.15) is 13.2 Å². The van der Waals surface area contributed by atoms with E-state index in [9.17, 15) is 9.59 Å². The Morgan fingerprint density at radius 2 is 1.92 bits per heavy atom. The third kappa shape index (κ3) is 3.02. The Labute approximate surface area is 151 Å². The zero-order chi connectivity index (χ0) is 17.4. The lowest BCUT2D eigenvalue weighted by Gasteiger charge is -2.18. The number of carbonyl (C=O) groups excluding carboxylic acids is 1. The third-order valence-corrected chi connectivity index (χ3v) is 4.44. The van der Waals surface area contributed by atoms with Gasteiger partial charge in [-0.3, -0.25) is 14.2 Å². The molecule has 126 valence electrons. The summed E-state index contributed by atoms with van der Waals surface area (Å²) in [5.41, 5.74) is 0.759. The lowest BCUT2D eigenvalue weighted by molar-refractivity contribution is 0.0970. The lowest BCUT2D eigenvalue weighted by atomic mass is 10.1. The number of hydrogen-bond acceptors (Lipinski definition) is 5. The number of rotatable bonds is 3. The second-order valence-electron chi connectivity index (χ2n) is 5.62. The molecule has 1 aliphatic heterocycles. The first-order valence-corrected chi connectivity index (χ1v) is 8.49. The van der Waals surface area contributed by atoms with Gasteiger partial charge >= 0.3 is 0 Å². The van der Waals surface area contributed by atoms with E-state index in [0.29, 0.717) is 41.2 Å². The number of carbonyl (C=O) groups is 1. The van der Waals surface area contributed by atoms with E-state index in [1.54, 1.807) is 30.3 Å². The molecule has 0 fully saturated rings. The fraction of sp³-hybridized carbons (Fsp3) is 0.167. The normalized spacial score (nSPS) is 13.0. The molecule has 2 heterocycles. The summed E-state index contributed by atoms with van der Waals surface area (Å²) < 4.78 is 13.1.